The van der Waals surface area contributed by atoms with Crippen LogP contribution in [0.2, 0.25) is 0 Å². The smallest absolute Gasteiger partial charge is 0.340 e. The fraction of sp³-hybridized carbons (Fsp3) is 0.130. The van der Waals surface area contributed by atoms with Gasteiger partial charge in [0, 0.05) is 10.2 Å². The number of halogens is 1. The van der Waals surface area contributed by atoms with Crippen molar-refractivity contribution in [3.8, 4) is 5.75 Å². The zero-order valence-electron chi connectivity index (χ0n) is 16.1. The van der Waals surface area contributed by atoms with Crippen molar-refractivity contribution in [3.63, 3.8) is 0 Å². The highest BCUT2D eigenvalue weighted by Crippen LogP contribution is 2.36. The first-order valence-electron chi connectivity index (χ1n) is 8.91. The van der Waals surface area contributed by atoms with E-state index in [-0.39, 0.29) is 17.1 Å². The predicted molar refractivity (Wildman–Crippen MR) is 116 cm³/mol. The topological polar surface area (TPSA) is 55.8 Å². The Labute approximate surface area is 178 Å². The van der Waals surface area contributed by atoms with Crippen LogP contribution in [0, 0.1) is 0 Å². The minimum atomic E-state index is -0.557. The van der Waals surface area contributed by atoms with Gasteiger partial charge in [-0.15, -0.1) is 0 Å². The Morgan fingerprint density at radius 3 is 2.66 bits per heavy atom. The molecule has 148 valence electrons. The van der Waals surface area contributed by atoms with Crippen molar-refractivity contribution in [1.82, 2.24) is 0 Å². The molecule has 0 atom stereocenters. The van der Waals surface area contributed by atoms with E-state index in [0.717, 1.165) is 10.0 Å². The van der Waals surface area contributed by atoms with Crippen LogP contribution in [0.25, 0.3) is 6.08 Å². The molecule has 1 aliphatic rings. The number of allylic oxidation sites excluding steroid dienone is 1. The van der Waals surface area contributed by atoms with Gasteiger partial charge >= 0.3 is 5.97 Å². The highest BCUT2D eigenvalue weighted by Gasteiger charge is 2.37. The van der Waals surface area contributed by atoms with Gasteiger partial charge in [0.1, 0.15) is 12.4 Å². The molecule has 0 unspecified atom stereocenters. The second kappa shape index (κ2) is 8.92. The Hall–Kier alpha value is -3.12. The van der Waals surface area contributed by atoms with Crippen molar-refractivity contribution in [2.75, 3.05) is 18.6 Å². The molecular formula is C23H20BrNO4. The second-order valence-electron chi connectivity index (χ2n) is 6.30. The lowest BCUT2D eigenvalue weighted by molar-refractivity contribution is -0.136. The molecule has 2 aromatic carbocycles. The minimum Gasteiger partial charge on any atom is -0.490 e. The van der Waals surface area contributed by atoms with Crippen LogP contribution in [0.5, 0.6) is 5.75 Å². The number of hydrogen-bond donors (Lipinski definition) is 0. The van der Waals surface area contributed by atoms with Gasteiger partial charge < -0.3 is 9.47 Å². The van der Waals surface area contributed by atoms with Gasteiger partial charge in [0.15, 0.2) is 0 Å². The third-order valence-corrected chi connectivity index (χ3v) is 4.89. The van der Waals surface area contributed by atoms with Crippen LogP contribution in [0.3, 0.4) is 0 Å². The molecule has 0 bridgehead atoms. The third kappa shape index (κ3) is 4.32. The molecule has 3 rings (SSSR count). The Morgan fingerprint density at radius 1 is 1.21 bits per heavy atom. The molecule has 2 aromatic rings. The molecule has 0 saturated heterocycles. The summed E-state index contributed by atoms with van der Waals surface area (Å²) in [5.74, 6) is -0.203. The Bertz CT molecular complexity index is 1040. The summed E-state index contributed by atoms with van der Waals surface area (Å²) in [5.41, 5.74) is 2.44. The number of amides is 1. The van der Waals surface area contributed by atoms with E-state index < -0.39 is 5.97 Å². The summed E-state index contributed by atoms with van der Waals surface area (Å²) in [5, 5.41) is 0. The van der Waals surface area contributed by atoms with Gasteiger partial charge in [-0.2, -0.15) is 0 Å². The normalized spacial score (nSPS) is 15.1. The van der Waals surface area contributed by atoms with Crippen molar-refractivity contribution < 1.29 is 19.1 Å². The molecule has 6 heteroatoms. The number of benzene rings is 2. The van der Waals surface area contributed by atoms with E-state index in [1.165, 1.54) is 12.0 Å². The van der Waals surface area contributed by atoms with Crippen LogP contribution in [0.4, 0.5) is 5.69 Å². The highest BCUT2D eigenvalue weighted by atomic mass is 79.9. The fourth-order valence-electron chi connectivity index (χ4n) is 3.12. The van der Waals surface area contributed by atoms with Gasteiger partial charge in [0.05, 0.1) is 23.9 Å². The Balaban J connectivity index is 2.08. The average Bonchev–Trinajstić information content (AvgIpc) is 2.95. The molecule has 1 aliphatic heterocycles. The molecule has 0 N–H and O–H groups in total. The van der Waals surface area contributed by atoms with E-state index in [4.69, 9.17) is 9.47 Å². The van der Waals surface area contributed by atoms with Crippen molar-refractivity contribution in [3.05, 3.63) is 88.1 Å². The first-order valence-corrected chi connectivity index (χ1v) is 9.70. The fourth-order valence-corrected chi connectivity index (χ4v) is 3.51. The molecule has 0 saturated carbocycles. The number of hydrogen-bond acceptors (Lipinski definition) is 4. The summed E-state index contributed by atoms with van der Waals surface area (Å²) in [6.07, 6.45) is 3.33. The SMILES string of the molecule is C=CCOc1cccc(/C=C2\C(=O)N(c3cccc(Br)c3)C(C)=C2C(=O)OC)c1. The maximum Gasteiger partial charge on any atom is 0.340 e. The summed E-state index contributed by atoms with van der Waals surface area (Å²) < 4.78 is 11.3. The lowest BCUT2D eigenvalue weighted by Crippen LogP contribution is -2.24. The predicted octanol–water partition coefficient (Wildman–Crippen LogP) is 4.89. The second-order valence-corrected chi connectivity index (χ2v) is 7.22. The average molecular weight is 454 g/mol. The van der Waals surface area contributed by atoms with Crippen molar-refractivity contribution in [2.24, 2.45) is 0 Å². The molecular weight excluding hydrogens is 434 g/mol. The number of carbonyl (C=O) groups excluding carboxylic acids is 2. The molecule has 1 amide bonds. The number of nitrogens with zero attached hydrogens (tertiary/aromatic N) is 1. The zero-order chi connectivity index (χ0) is 21.0. The molecule has 0 spiro atoms. The van der Waals surface area contributed by atoms with Gasteiger partial charge in [-0.25, -0.2) is 4.79 Å². The molecule has 29 heavy (non-hydrogen) atoms. The zero-order valence-corrected chi connectivity index (χ0v) is 17.7. The van der Waals surface area contributed by atoms with Crippen molar-refractivity contribution in [2.45, 2.75) is 6.92 Å². The summed E-state index contributed by atoms with van der Waals surface area (Å²) in [6, 6.07) is 14.6. The first-order chi connectivity index (χ1) is 14.0. The first kappa shape index (κ1) is 20.6. The standard InChI is InChI=1S/C23H20BrNO4/c1-4-11-29-19-10-5-7-16(12-19)13-20-21(23(27)28-3)15(2)25(22(20)26)18-9-6-8-17(24)14-18/h4-10,12-14H,1,11H2,2-3H3/b20-13-. The molecule has 1 heterocycles. The number of esters is 1. The molecule has 0 aliphatic carbocycles. The van der Waals surface area contributed by atoms with E-state index in [2.05, 4.69) is 22.5 Å². The number of rotatable bonds is 6. The quantitative estimate of drug-likeness (QED) is 0.354. The van der Waals surface area contributed by atoms with Crippen LogP contribution in [-0.4, -0.2) is 25.6 Å². The Morgan fingerprint density at radius 2 is 1.97 bits per heavy atom. The summed E-state index contributed by atoms with van der Waals surface area (Å²) >= 11 is 3.42. The molecule has 0 radical (unpaired) electrons. The van der Waals surface area contributed by atoms with Crippen LogP contribution in [0.15, 0.2) is 82.5 Å². The lowest BCUT2D eigenvalue weighted by Gasteiger charge is -2.18. The van der Waals surface area contributed by atoms with Gasteiger partial charge in [0.2, 0.25) is 0 Å². The van der Waals surface area contributed by atoms with Crippen LogP contribution in [0.1, 0.15) is 12.5 Å². The molecule has 0 aromatic heterocycles. The summed E-state index contributed by atoms with van der Waals surface area (Å²) in [6.45, 7) is 5.74. The maximum absolute atomic E-state index is 13.3. The van der Waals surface area contributed by atoms with Crippen LogP contribution in [-0.2, 0) is 14.3 Å². The molecule has 0 fully saturated rings. The van der Waals surface area contributed by atoms with Gasteiger partial charge in [0.25, 0.3) is 5.91 Å². The number of ether oxygens (including phenoxy) is 2. The largest absolute Gasteiger partial charge is 0.490 e. The van der Waals surface area contributed by atoms with E-state index in [1.54, 1.807) is 25.1 Å². The number of methoxy groups -OCH3 is 1. The third-order valence-electron chi connectivity index (χ3n) is 4.39. The van der Waals surface area contributed by atoms with Crippen LogP contribution < -0.4 is 9.64 Å². The highest BCUT2D eigenvalue weighted by molar-refractivity contribution is 9.10. The van der Waals surface area contributed by atoms with E-state index in [9.17, 15) is 9.59 Å². The summed E-state index contributed by atoms with van der Waals surface area (Å²) in [4.78, 5) is 27.3. The van der Waals surface area contributed by atoms with Gasteiger partial charge in [-0.3, -0.25) is 9.69 Å². The molecule has 5 nitrogen and oxygen atoms in total. The lowest BCUT2D eigenvalue weighted by atomic mass is 10.0. The van der Waals surface area contributed by atoms with Gasteiger partial charge in [-0.1, -0.05) is 46.8 Å². The van der Waals surface area contributed by atoms with E-state index in [0.29, 0.717) is 23.7 Å². The van der Waals surface area contributed by atoms with Crippen LogP contribution >= 0.6 is 15.9 Å². The minimum absolute atomic E-state index is 0.245. The van der Waals surface area contributed by atoms with E-state index >= 15 is 0 Å². The monoisotopic (exact) mass is 453 g/mol. The Kier molecular flexibility index (Phi) is 6.34. The summed E-state index contributed by atoms with van der Waals surface area (Å²) in [7, 11) is 1.30. The van der Waals surface area contributed by atoms with Crippen molar-refractivity contribution in [1.29, 1.82) is 0 Å². The number of carbonyl (C=O) groups is 2. The van der Waals surface area contributed by atoms with Crippen molar-refractivity contribution >= 4 is 39.6 Å². The maximum atomic E-state index is 13.3. The van der Waals surface area contributed by atoms with Gasteiger partial charge in [-0.05, 0) is 48.9 Å². The van der Waals surface area contributed by atoms with E-state index in [1.807, 2.05) is 42.5 Å². The number of anilines is 1.